The van der Waals surface area contributed by atoms with E-state index < -0.39 is 32.4 Å². The lowest BCUT2D eigenvalue weighted by Crippen LogP contribution is -2.41. The Morgan fingerprint density at radius 2 is 1.59 bits per heavy atom. The molecule has 0 aliphatic carbocycles. The Bertz CT molecular complexity index is 1550. The molecular formula is C29H27F3N2O4S. The highest BCUT2D eigenvalue weighted by Crippen LogP contribution is 2.37. The van der Waals surface area contributed by atoms with E-state index >= 15 is 0 Å². The van der Waals surface area contributed by atoms with Gasteiger partial charge in [-0.25, -0.2) is 8.42 Å². The van der Waals surface area contributed by atoms with Gasteiger partial charge in [-0.15, -0.1) is 0 Å². The summed E-state index contributed by atoms with van der Waals surface area (Å²) in [6, 6.07) is 17.0. The van der Waals surface area contributed by atoms with Gasteiger partial charge in [0.1, 0.15) is 0 Å². The van der Waals surface area contributed by atoms with Crippen molar-refractivity contribution >= 4 is 21.7 Å². The standard InChI is InChI=1S/C29H27F3N2O4S/c1-18-7-9-19(10-8-18)22-5-3-4-6-23(22)27(35)33-16-20-13-14-34(25(20)17-33)28(36)24-12-11-21(29(30,31)32)15-26(24)39(2,37)38/h3-12,15,20,25H,13-14,16-17H2,1-2H3/t20-,25+/m0/s1. The number of alkyl halides is 3. The maximum Gasteiger partial charge on any atom is 0.416 e. The second-order valence-electron chi connectivity index (χ2n) is 10.2. The molecule has 2 aliphatic heterocycles. The molecule has 2 aliphatic rings. The van der Waals surface area contributed by atoms with Crippen molar-refractivity contribution in [3.8, 4) is 11.1 Å². The zero-order valence-corrected chi connectivity index (χ0v) is 22.2. The molecule has 3 aromatic rings. The summed E-state index contributed by atoms with van der Waals surface area (Å²) in [7, 11) is -4.12. The first kappa shape index (κ1) is 26.9. The Morgan fingerprint density at radius 1 is 0.897 bits per heavy atom. The van der Waals surface area contributed by atoms with Crippen molar-refractivity contribution in [3.63, 3.8) is 0 Å². The molecule has 2 heterocycles. The fraction of sp³-hybridized carbons (Fsp3) is 0.310. The minimum Gasteiger partial charge on any atom is -0.336 e. The summed E-state index contributed by atoms with van der Waals surface area (Å²) in [4.78, 5) is 29.7. The first-order valence-electron chi connectivity index (χ1n) is 12.5. The van der Waals surface area contributed by atoms with E-state index in [4.69, 9.17) is 0 Å². The van der Waals surface area contributed by atoms with Gasteiger partial charge in [-0.3, -0.25) is 9.59 Å². The molecule has 0 bridgehead atoms. The molecule has 0 radical (unpaired) electrons. The van der Waals surface area contributed by atoms with Crippen LogP contribution in [0, 0.1) is 12.8 Å². The molecule has 6 nitrogen and oxygen atoms in total. The van der Waals surface area contributed by atoms with E-state index in [1.54, 1.807) is 17.0 Å². The number of carbonyl (C=O) groups is 2. The van der Waals surface area contributed by atoms with Crippen molar-refractivity contribution in [1.29, 1.82) is 0 Å². The van der Waals surface area contributed by atoms with Gasteiger partial charge in [0.05, 0.1) is 22.1 Å². The monoisotopic (exact) mass is 556 g/mol. The number of sulfone groups is 1. The first-order chi connectivity index (χ1) is 18.3. The summed E-state index contributed by atoms with van der Waals surface area (Å²) in [5.41, 5.74) is 1.93. The van der Waals surface area contributed by atoms with Gasteiger partial charge in [-0.05, 0) is 48.7 Å². The third-order valence-corrected chi connectivity index (χ3v) is 8.69. The number of aryl methyl sites for hydroxylation is 1. The molecule has 5 rings (SSSR count). The summed E-state index contributed by atoms with van der Waals surface area (Å²) < 4.78 is 64.5. The van der Waals surface area contributed by atoms with Crippen molar-refractivity contribution in [1.82, 2.24) is 9.80 Å². The molecule has 10 heteroatoms. The summed E-state index contributed by atoms with van der Waals surface area (Å²) in [5.74, 6) is -0.828. The number of nitrogens with zero attached hydrogens (tertiary/aromatic N) is 2. The zero-order valence-electron chi connectivity index (χ0n) is 21.4. The van der Waals surface area contributed by atoms with E-state index in [0.29, 0.717) is 31.1 Å². The lowest BCUT2D eigenvalue weighted by Gasteiger charge is -2.26. The number of benzene rings is 3. The fourth-order valence-electron chi connectivity index (χ4n) is 5.54. The zero-order chi connectivity index (χ0) is 28.1. The van der Waals surface area contributed by atoms with Gasteiger partial charge < -0.3 is 9.80 Å². The van der Waals surface area contributed by atoms with E-state index in [1.165, 1.54) is 4.90 Å². The van der Waals surface area contributed by atoms with Gasteiger partial charge in [0.2, 0.25) is 0 Å². The molecule has 3 aromatic carbocycles. The van der Waals surface area contributed by atoms with E-state index in [0.717, 1.165) is 35.1 Å². The van der Waals surface area contributed by atoms with Crippen LogP contribution in [0.4, 0.5) is 13.2 Å². The molecule has 0 spiro atoms. The number of hydrogen-bond donors (Lipinski definition) is 0. The third kappa shape index (κ3) is 5.17. The lowest BCUT2D eigenvalue weighted by atomic mass is 9.98. The summed E-state index contributed by atoms with van der Waals surface area (Å²) in [5, 5.41) is 0. The lowest BCUT2D eigenvalue weighted by molar-refractivity contribution is -0.137. The van der Waals surface area contributed by atoms with E-state index in [1.807, 2.05) is 43.3 Å². The highest BCUT2D eigenvalue weighted by Gasteiger charge is 2.46. The van der Waals surface area contributed by atoms with Crippen molar-refractivity contribution in [3.05, 3.63) is 89.0 Å². The highest BCUT2D eigenvalue weighted by atomic mass is 32.2. The minimum absolute atomic E-state index is 0.0134. The number of rotatable bonds is 4. The summed E-state index contributed by atoms with van der Waals surface area (Å²) in [6.45, 7) is 3.01. The maximum atomic E-state index is 13.6. The van der Waals surface area contributed by atoms with Crippen LogP contribution in [0.2, 0.25) is 0 Å². The number of likely N-dealkylation sites (tertiary alicyclic amines) is 2. The quantitative estimate of drug-likeness (QED) is 0.450. The van der Waals surface area contributed by atoms with E-state index in [2.05, 4.69) is 0 Å². The van der Waals surface area contributed by atoms with E-state index in [-0.39, 0.29) is 30.0 Å². The molecule has 0 N–H and O–H groups in total. The van der Waals surface area contributed by atoms with Crippen molar-refractivity contribution < 1.29 is 31.2 Å². The SMILES string of the molecule is Cc1ccc(-c2ccccc2C(=O)N2C[C@@H]3CCN(C(=O)c4ccc(C(F)(F)F)cc4S(C)(=O)=O)[C@@H]3C2)cc1. The predicted molar refractivity (Wildman–Crippen MR) is 140 cm³/mol. The van der Waals surface area contributed by atoms with Crippen LogP contribution < -0.4 is 0 Å². The Balaban J connectivity index is 1.40. The average molecular weight is 557 g/mol. The number of halogens is 3. The second-order valence-corrected chi connectivity index (χ2v) is 12.2. The van der Waals surface area contributed by atoms with Gasteiger partial charge in [0, 0.05) is 37.4 Å². The minimum atomic E-state index is -4.75. The molecule has 0 aromatic heterocycles. The van der Waals surface area contributed by atoms with Gasteiger partial charge in [-0.1, -0.05) is 48.0 Å². The van der Waals surface area contributed by atoms with Crippen LogP contribution in [-0.4, -0.2) is 62.0 Å². The number of carbonyl (C=O) groups excluding carboxylic acids is 2. The predicted octanol–water partition coefficient (Wildman–Crippen LogP) is 5.07. The molecule has 204 valence electrons. The molecule has 2 atom stereocenters. The Labute approximate surface area is 225 Å². The molecule has 2 fully saturated rings. The molecule has 39 heavy (non-hydrogen) atoms. The number of amides is 2. The summed E-state index contributed by atoms with van der Waals surface area (Å²) >= 11 is 0. The topological polar surface area (TPSA) is 74.8 Å². The van der Waals surface area contributed by atoms with Crippen LogP contribution in [0.3, 0.4) is 0 Å². The maximum absolute atomic E-state index is 13.6. The molecule has 2 amide bonds. The third-order valence-electron chi connectivity index (χ3n) is 7.55. The van der Waals surface area contributed by atoms with Gasteiger partial charge in [0.15, 0.2) is 9.84 Å². The molecule has 2 saturated heterocycles. The second kappa shape index (κ2) is 9.82. The average Bonchev–Trinajstić information content (AvgIpc) is 3.48. The Kier molecular flexibility index (Phi) is 6.78. The molecule has 0 unspecified atom stereocenters. The first-order valence-corrected chi connectivity index (χ1v) is 14.4. The smallest absolute Gasteiger partial charge is 0.336 e. The van der Waals surface area contributed by atoms with Crippen LogP contribution in [0.1, 0.15) is 38.3 Å². The number of fused-ring (bicyclic) bond motifs is 1. The van der Waals surface area contributed by atoms with E-state index in [9.17, 15) is 31.2 Å². The van der Waals surface area contributed by atoms with Gasteiger partial charge in [0.25, 0.3) is 11.8 Å². The van der Waals surface area contributed by atoms with Crippen LogP contribution in [-0.2, 0) is 16.0 Å². The van der Waals surface area contributed by atoms with Crippen LogP contribution >= 0.6 is 0 Å². The molecular weight excluding hydrogens is 529 g/mol. The van der Waals surface area contributed by atoms with Gasteiger partial charge in [-0.2, -0.15) is 13.2 Å². The van der Waals surface area contributed by atoms with Crippen molar-refractivity contribution in [2.75, 3.05) is 25.9 Å². The highest BCUT2D eigenvalue weighted by molar-refractivity contribution is 7.90. The Morgan fingerprint density at radius 3 is 2.26 bits per heavy atom. The number of hydrogen-bond acceptors (Lipinski definition) is 4. The van der Waals surface area contributed by atoms with Crippen LogP contribution in [0.5, 0.6) is 0 Å². The van der Waals surface area contributed by atoms with Crippen molar-refractivity contribution in [2.24, 2.45) is 5.92 Å². The Hall–Kier alpha value is -3.66. The van der Waals surface area contributed by atoms with Gasteiger partial charge >= 0.3 is 6.18 Å². The van der Waals surface area contributed by atoms with Crippen LogP contribution in [0.15, 0.2) is 71.6 Å². The summed E-state index contributed by atoms with van der Waals surface area (Å²) in [6.07, 6.45) is -3.36. The van der Waals surface area contributed by atoms with Crippen molar-refractivity contribution in [2.45, 2.75) is 30.5 Å². The molecule has 0 saturated carbocycles. The normalized spacial score (nSPS) is 19.3. The largest absolute Gasteiger partial charge is 0.416 e. The fourth-order valence-corrected chi connectivity index (χ4v) is 6.44. The van der Waals surface area contributed by atoms with Crippen LogP contribution in [0.25, 0.3) is 11.1 Å².